The van der Waals surface area contributed by atoms with Crippen LogP contribution >= 0.6 is 11.6 Å². The maximum Gasteiger partial charge on any atom is 0.219 e. The van der Waals surface area contributed by atoms with Crippen LogP contribution in [0.25, 0.3) is 11.4 Å². The summed E-state index contributed by atoms with van der Waals surface area (Å²) in [6, 6.07) is 9.95. The van der Waals surface area contributed by atoms with Crippen molar-refractivity contribution in [2.45, 2.75) is 6.54 Å². The summed E-state index contributed by atoms with van der Waals surface area (Å²) in [4.78, 5) is 4.41. The maximum absolute atomic E-state index is 13.9. The van der Waals surface area contributed by atoms with Crippen LogP contribution in [0.3, 0.4) is 0 Å². The Bertz CT molecular complexity index is 966. The van der Waals surface area contributed by atoms with Crippen LogP contribution in [0.4, 0.5) is 10.3 Å². The monoisotopic (exact) mass is 450 g/mol. The molecular formula is C21H24ClFN4O4. The molecule has 166 valence electrons. The molecule has 0 radical (unpaired) electrons. The molecule has 0 saturated heterocycles. The number of halogens is 2. The van der Waals surface area contributed by atoms with E-state index in [9.17, 15) is 4.39 Å². The predicted octanol–water partition coefficient (Wildman–Crippen LogP) is 3.93. The Hall–Kier alpha value is -2.88. The molecule has 0 spiro atoms. The largest absolute Gasteiger partial charge is 0.487 e. The Labute approximate surface area is 184 Å². The number of hydrogen-bond donors (Lipinski definition) is 2. The number of aromatic amines is 1. The van der Waals surface area contributed by atoms with Crippen molar-refractivity contribution < 1.29 is 23.3 Å². The third-order valence-electron chi connectivity index (χ3n) is 4.27. The lowest BCUT2D eigenvalue weighted by atomic mass is 10.2. The molecule has 10 heteroatoms. The van der Waals surface area contributed by atoms with Crippen molar-refractivity contribution in [1.82, 2.24) is 15.2 Å². The van der Waals surface area contributed by atoms with Crippen LogP contribution in [-0.2, 0) is 16.0 Å². The second-order valence-corrected chi connectivity index (χ2v) is 6.81. The lowest BCUT2D eigenvalue weighted by molar-refractivity contribution is 0.132. The number of anilines is 1. The molecule has 31 heavy (non-hydrogen) atoms. The van der Waals surface area contributed by atoms with Crippen molar-refractivity contribution in [1.29, 1.82) is 0 Å². The molecule has 0 aliphatic heterocycles. The molecule has 3 rings (SSSR count). The smallest absolute Gasteiger partial charge is 0.219 e. The number of nitrogens with one attached hydrogen (secondary N) is 2. The number of H-pyrrole nitrogens is 1. The van der Waals surface area contributed by atoms with E-state index in [1.165, 1.54) is 6.07 Å². The SMILES string of the molecule is COCCOc1ccc(-c2n[nH]c(NCc3c(F)cccc3Cl)n2)cc1OCCOC. The summed E-state index contributed by atoms with van der Waals surface area (Å²) < 4.78 is 35.5. The van der Waals surface area contributed by atoms with Gasteiger partial charge < -0.3 is 24.3 Å². The van der Waals surface area contributed by atoms with E-state index in [2.05, 4.69) is 20.5 Å². The Morgan fingerprint density at radius 2 is 1.74 bits per heavy atom. The number of hydrogen-bond acceptors (Lipinski definition) is 7. The van der Waals surface area contributed by atoms with Gasteiger partial charge in [0.1, 0.15) is 19.0 Å². The first kappa shape index (κ1) is 22.8. The van der Waals surface area contributed by atoms with Gasteiger partial charge in [0.25, 0.3) is 0 Å². The highest BCUT2D eigenvalue weighted by molar-refractivity contribution is 6.31. The Kier molecular flexibility index (Phi) is 8.45. The standard InChI is InChI=1S/C21H24ClFN4O4/c1-28-8-10-30-18-7-6-14(12-19(18)31-11-9-29-2)20-25-21(27-26-20)24-13-15-16(22)4-3-5-17(15)23/h3-7,12H,8-11,13H2,1-2H3,(H2,24,25,26,27). The molecule has 0 fully saturated rings. The topological polar surface area (TPSA) is 90.5 Å². The molecule has 0 amide bonds. The number of nitrogens with zero attached hydrogens (tertiary/aromatic N) is 2. The van der Waals surface area contributed by atoms with Gasteiger partial charge >= 0.3 is 0 Å². The normalized spacial score (nSPS) is 10.8. The predicted molar refractivity (Wildman–Crippen MR) is 115 cm³/mol. The van der Waals surface area contributed by atoms with E-state index in [0.29, 0.717) is 60.3 Å². The molecule has 2 aromatic carbocycles. The molecular weight excluding hydrogens is 427 g/mol. The lowest BCUT2D eigenvalue weighted by Gasteiger charge is -2.13. The van der Waals surface area contributed by atoms with Gasteiger partial charge in [-0.1, -0.05) is 17.7 Å². The Morgan fingerprint density at radius 1 is 1.00 bits per heavy atom. The van der Waals surface area contributed by atoms with Gasteiger partial charge in [-0.3, -0.25) is 0 Å². The Balaban J connectivity index is 1.72. The van der Waals surface area contributed by atoms with Gasteiger partial charge in [0.2, 0.25) is 5.95 Å². The van der Waals surface area contributed by atoms with Crippen LogP contribution in [0, 0.1) is 5.82 Å². The van der Waals surface area contributed by atoms with E-state index in [1.807, 2.05) is 6.07 Å². The highest BCUT2D eigenvalue weighted by Crippen LogP contribution is 2.32. The van der Waals surface area contributed by atoms with Crippen LogP contribution in [0.5, 0.6) is 11.5 Å². The number of ether oxygens (including phenoxy) is 4. The Morgan fingerprint density at radius 3 is 2.45 bits per heavy atom. The molecule has 0 bridgehead atoms. The summed E-state index contributed by atoms with van der Waals surface area (Å²) >= 11 is 6.06. The molecule has 1 aromatic heterocycles. The first-order valence-electron chi connectivity index (χ1n) is 9.59. The molecule has 0 aliphatic carbocycles. The summed E-state index contributed by atoms with van der Waals surface area (Å²) in [7, 11) is 3.21. The number of rotatable bonds is 12. The fourth-order valence-electron chi connectivity index (χ4n) is 2.69. The quantitative estimate of drug-likeness (QED) is 0.404. The molecule has 1 heterocycles. The lowest BCUT2D eigenvalue weighted by Crippen LogP contribution is -2.08. The zero-order chi connectivity index (χ0) is 22.1. The average molecular weight is 451 g/mol. The third-order valence-corrected chi connectivity index (χ3v) is 4.63. The number of methoxy groups -OCH3 is 2. The van der Waals surface area contributed by atoms with E-state index in [1.54, 1.807) is 38.5 Å². The van der Waals surface area contributed by atoms with Gasteiger partial charge in [0, 0.05) is 36.9 Å². The summed E-state index contributed by atoms with van der Waals surface area (Å²) in [6.45, 7) is 1.82. The van der Waals surface area contributed by atoms with E-state index in [0.717, 1.165) is 5.56 Å². The van der Waals surface area contributed by atoms with Crippen LogP contribution in [0.1, 0.15) is 5.56 Å². The highest BCUT2D eigenvalue weighted by Gasteiger charge is 2.13. The van der Waals surface area contributed by atoms with Gasteiger partial charge in [0.15, 0.2) is 17.3 Å². The number of benzene rings is 2. The molecule has 0 atom stereocenters. The molecule has 0 saturated carbocycles. The van der Waals surface area contributed by atoms with Gasteiger partial charge in [-0.2, -0.15) is 10.1 Å². The molecule has 3 aromatic rings. The zero-order valence-corrected chi connectivity index (χ0v) is 18.0. The second-order valence-electron chi connectivity index (χ2n) is 6.41. The van der Waals surface area contributed by atoms with Gasteiger partial charge in [-0.25, -0.2) is 9.49 Å². The van der Waals surface area contributed by atoms with Crippen LogP contribution in [-0.4, -0.2) is 55.8 Å². The molecule has 0 unspecified atom stereocenters. The van der Waals surface area contributed by atoms with E-state index in [-0.39, 0.29) is 12.4 Å². The third kappa shape index (κ3) is 6.30. The molecule has 2 N–H and O–H groups in total. The van der Waals surface area contributed by atoms with Crippen molar-refractivity contribution in [3.05, 3.63) is 52.8 Å². The minimum absolute atomic E-state index is 0.164. The van der Waals surface area contributed by atoms with Crippen LogP contribution < -0.4 is 14.8 Å². The van der Waals surface area contributed by atoms with Crippen molar-refractivity contribution in [2.24, 2.45) is 0 Å². The average Bonchev–Trinajstić information content (AvgIpc) is 3.23. The summed E-state index contributed by atoms with van der Waals surface area (Å²) in [5, 5.41) is 10.4. The van der Waals surface area contributed by atoms with Gasteiger partial charge in [-0.15, -0.1) is 0 Å². The van der Waals surface area contributed by atoms with Crippen LogP contribution in [0.2, 0.25) is 5.02 Å². The van der Waals surface area contributed by atoms with Gasteiger partial charge in [-0.05, 0) is 30.3 Å². The maximum atomic E-state index is 13.9. The summed E-state index contributed by atoms with van der Waals surface area (Å²) in [6.07, 6.45) is 0. The first-order chi connectivity index (χ1) is 15.1. The van der Waals surface area contributed by atoms with Crippen LogP contribution in [0.15, 0.2) is 36.4 Å². The van der Waals surface area contributed by atoms with E-state index < -0.39 is 0 Å². The van der Waals surface area contributed by atoms with Crippen molar-refractivity contribution in [3.63, 3.8) is 0 Å². The fraction of sp³-hybridized carbons (Fsp3) is 0.333. The molecule has 0 aliphatic rings. The van der Waals surface area contributed by atoms with Crippen molar-refractivity contribution in [2.75, 3.05) is 46.0 Å². The first-order valence-corrected chi connectivity index (χ1v) is 9.97. The number of aromatic nitrogens is 3. The zero-order valence-electron chi connectivity index (χ0n) is 17.3. The van der Waals surface area contributed by atoms with Gasteiger partial charge in [0.05, 0.1) is 13.2 Å². The summed E-state index contributed by atoms with van der Waals surface area (Å²) in [5.74, 6) is 1.57. The highest BCUT2D eigenvalue weighted by atomic mass is 35.5. The van der Waals surface area contributed by atoms with E-state index in [4.69, 9.17) is 30.5 Å². The molecule has 8 nitrogen and oxygen atoms in total. The summed E-state index contributed by atoms with van der Waals surface area (Å²) in [5.41, 5.74) is 1.08. The van der Waals surface area contributed by atoms with Crippen molar-refractivity contribution in [3.8, 4) is 22.9 Å². The van der Waals surface area contributed by atoms with E-state index >= 15 is 0 Å². The fourth-order valence-corrected chi connectivity index (χ4v) is 2.92. The second kappa shape index (κ2) is 11.5. The minimum Gasteiger partial charge on any atom is -0.487 e. The minimum atomic E-state index is -0.387. The van der Waals surface area contributed by atoms with Crippen molar-refractivity contribution >= 4 is 17.5 Å².